The van der Waals surface area contributed by atoms with E-state index in [-0.39, 0.29) is 24.6 Å². The van der Waals surface area contributed by atoms with Gasteiger partial charge in [0.2, 0.25) is 5.82 Å². The van der Waals surface area contributed by atoms with Crippen molar-refractivity contribution in [3.05, 3.63) is 18.1 Å². The van der Waals surface area contributed by atoms with Crippen molar-refractivity contribution in [2.75, 3.05) is 31.8 Å². The average molecular weight is 267 g/mol. The van der Waals surface area contributed by atoms with Crippen LogP contribution in [0.15, 0.2) is 12.3 Å². The third-order valence-corrected chi connectivity index (χ3v) is 3.01. The van der Waals surface area contributed by atoms with Crippen molar-refractivity contribution in [1.29, 1.82) is 0 Å². The minimum atomic E-state index is -0.568. The van der Waals surface area contributed by atoms with Crippen molar-refractivity contribution in [2.24, 2.45) is 0 Å². The number of carbonyl (C=O) groups is 1. The van der Waals surface area contributed by atoms with Crippen molar-refractivity contribution in [3.8, 4) is 0 Å². The summed E-state index contributed by atoms with van der Waals surface area (Å²) in [6.45, 7) is 2.98. The molecule has 7 nitrogen and oxygen atoms in total. The zero-order valence-corrected chi connectivity index (χ0v) is 10.9. The Balaban J connectivity index is 2.22. The quantitative estimate of drug-likeness (QED) is 0.762. The molecule has 1 fully saturated rings. The monoisotopic (exact) mass is 267 g/mol. The molecule has 0 aromatic carbocycles. The molecule has 0 radical (unpaired) electrons. The van der Waals surface area contributed by atoms with E-state index >= 15 is 0 Å². The molecule has 0 aliphatic carbocycles. The van der Waals surface area contributed by atoms with Gasteiger partial charge < -0.3 is 19.5 Å². The molecule has 2 heterocycles. The molecule has 2 rings (SSSR count). The molecular formula is C12H17N3O4. The van der Waals surface area contributed by atoms with Gasteiger partial charge in [0.15, 0.2) is 0 Å². The van der Waals surface area contributed by atoms with E-state index in [1.54, 1.807) is 6.07 Å². The van der Waals surface area contributed by atoms with Gasteiger partial charge in [-0.2, -0.15) is 0 Å². The average Bonchev–Trinajstić information content (AvgIpc) is 2.47. The minimum Gasteiger partial charge on any atom is -0.463 e. The molecule has 1 saturated heterocycles. The Labute approximate surface area is 111 Å². The fraction of sp³-hybridized carbons (Fsp3) is 0.583. The Kier molecular flexibility index (Phi) is 4.28. The number of rotatable bonds is 3. The second-order valence-corrected chi connectivity index (χ2v) is 4.37. The van der Waals surface area contributed by atoms with Gasteiger partial charge in [0, 0.05) is 12.7 Å². The van der Waals surface area contributed by atoms with Crippen LogP contribution < -0.4 is 4.90 Å². The van der Waals surface area contributed by atoms with Gasteiger partial charge in [-0.3, -0.25) is 0 Å². The van der Waals surface area contributed by atoms with Crippen LogP contribution in [0.1, 0.15) is 17.5 Å². The fourth-order valence-electron chi connectivity index (χ4n) is 1.95. The first kappa shape index (κ1) is 13.7. The summed E-state index contributed by atoms with van der Waals surface area (Å²) < 4.78 is 10.1. The second kappa shape index (κ2) is 5.94. The third kappa shape index (κ3) is 2.99. The molecule has 2 atom stereocenters. The van der Waals surface area contributed by atoms with E-state index in [1.807, 2.05) is 11.8 Å². The Morgan fingerprint density at radius 3 is 3.16 bits per heavy atom. The standard InChI is InChI=1S/C12H17N3O4/c1-8-7-19-9(6-16)5-15(8)10-3-4-13-11(14-10)12(17)18-2/h3-4,8-9,16H,5-7H2,1-2H3. The largest absolute Gasteiger partial charge is 0.463 e. The number of esters is 1. The predicted octanol–water partition coefficient (Wildman–Crippen LogP) is -0.151. The van der Waals surface area contributed by atoms with Crippen LogP contribution in [0.5, 0.6) is 0 Å². The van der Waals surface area contributed by atoms with E-state index in [1.165, 1.54) is 13.3 Å². The zero-order valence-electron chi connectivity index (χ0n) is 10.9. The third-order valence-electron chi connectivity index (χ3n) is 3.01. The second-order valence-electron chi connectivity index (χ2n) is 4.37. The first-order chi connectivity index (χ1) is 9.15. The van der Waals surface area contributed by atoms with Gasteiger partial charge in [-0.25, -0.2) is 14.8 Å². The van der Waals surface area contributed by atoms with Gasteiger partial charge in [-0.1, -0.05) is 0 Å². The summed E-state index contributed by atoms with van der Waals surface area (Å²) in [5.74, 6) is 0.0883. The molecule has 1 aromatic heterocycles. The molecule has 7 heteroatoms. The Morgan fingerprint density at radius 2 is 2.47 bits per heavy atom. The lowest BCUT2D eigenvalue weighted by atomic mass is 10.2. The lowest BCUT2D eigenvalue weighted by Gasteiger charge is -2.38. The normalized spacial score (nSPS) is 23.2. The van der Waals surface area contributed by atoms with Gasteiger partial charge in [0.1, 0.15) is 5.82 Å². The van der Waals surface area contributed by atoms with Crippen LogP contribution in [0.4, 0.5) is 5.82 Å². The highest BCUT2D eigenvalue weighted by Crippen LogP contribution is 2.19. The van der Waals surface area contributed by atoms with E-state index in [2.05, 4.69) is 14.7 Å². The first-order valence-electron chi connectivity index (χ1n) is 6.06. The van der Waals surface area contributed by atoms with E-state index in [0.29, 0.717) is 19.0 Å². The molecule has 1 N–H and O–H groups in total. The van der Waals surface area contributed by atoms with E-state index in [9.17, 15) is 4.79 Å². The molecule has 1 aliphatic rings. The number of nitrogens with zero attached hydrogens (tertiary/aromatic N) is 3. The Hall–Kier alpha value is -1.73. The molecule has 1 aliphatic heterocycles. The van der Waals surface area contributed by atoms with E-state index in [4.69, 9.17) is 9.84 Å². The van der Waals surface area contributed by atoms with Gasteiger partial charge in [-0.15, -0.1) is 0 Å². The maximum Gasteiger partial charge on any atom is 0.376 e. The predicted molar refractivity (Wildman–Crippen MR) is 67.0 cm³/mol. The van der Waals surface area contributed by atoms with Crippen LogP contribution in [0.25, 0.3) is 0 Å². The minimum absolute atomic E-state index is 0.0271. The molecular weight excluding hydrogens is 250 g/mol. The number of ether oxygens (including phenoxy) is 2. The summed E-state index contributed by atoms with van der Waals surface area (Å²) >= 11 is 0. The summed E-state index contributed by atoms with van der Waals surface area (Å²) in [5.41, 5.74) is 0. The number of methoxy groups -OCH3 is 1. The van der Waals surface area contributed by atoms with Crippen molar-refractivity contribution >= 4 is 11.8 Å². The number of anilines is 1. The maximum absolute atomic E-state index is 11.4. The van der Waals surface area contributed by atoms with E-state index < -0.39 is 5.97 Å². The van der Waals surface area contributed by atoms with Crippen LogP contribution in [-0.2, 0) is 9.47 Å². The number of aromatic nitrogens is 2. The highest BCUT2D eigenvalue weighted by molar-refractivity contribution is 5.85. The maximum atomic E-state index is 11.4. The van der Waals surface area contributed by atoms with Crippen LogP contribution in [-0.4, -0.2) is 60.1 Å². The summed E-state index contributed by atoms with van der Waals surface area (Å²) in [4.78, 5) is 21.5. The van der Waals surface area contributed by atoms with Gasteiger partial charge in [-0.05, 0) is 13.0 Å². The molecule has 1 aromatic rings. The number of carbonyl (C=O) groups excluding carboxylic acids is 1. The molecule has 0 amide bonds. The Bertz CT molecular complexity index is 454. The lowest BCUT2D eigenvalue weighted by Crippen LogP contribution is -2.50. The molecule has 0 saturated carbocycles. The van der Waals surface area contributed by atoms with Crippen LogP contribution >= 0.6 is 0 Å². The van der Waals surface area contributed by atoms with E-state index in [0.717, 1.165) is 0 Å². The van der Waals surface area contributed by atoms with Crippen LogP contribution in [0.3, 0.4) is 0 Å². The van der Waals surface area contributed by atoms with Crippen molar-refractivity contribution in [2.45, 2.75) is 19.1 Å². The van der Waals surface area contributed by atoms with Crippen molar-refractivity contribution in [1.82, 2.24) is 9.97 Å². The summed E-state index contributed by atoms with van der Waals surface area (Å²) in [6, 6.07) is 1.84. The van der Waals surface area contributed by atoms with Crippen LogP contribution in [0.2, 0.25) is 0 Å². The summed E-state index contributed by atoms with van der Waals surface area (Å²) in [6.07, 6.45) is 1.28. The Morgan fingerprint density at radius 1 is 1.68 bits per heavy atom. The summed E-state index contributed by atoms with van der Waals surface area (Å²) in [7, 11) is 1.29. The molecule has 0 spiro atoms. The fourth-order valence-corrected chi connectivity index (χ4v) is 1.95. The lowest BCUT2D eigenvalue weighted by molar-refractivity contribution is -0.0106. The van der Waals surface area contributed by atoms with Crippen molar-refractivity contribution in [3.63, 3.8) is 0 Å². The highest BCUT2D eigenvalue weighted by Gasteiger charge is 2.27. The molecule has 104 valence electrons. The summed E-state index contributed by atoms with van der Waals surface area (Å²) in [5, 5.41) is 9.16. The molecule has 2 unspecified atom stereocenters. The van der Waals surface area contributed by atoms with Gasteiger partial charge in [0.05, 0.1) is 32.5 Å². The van der Waals surface area contributed by atoms with Gasteiger partial charge >= 0.3 is 5.97 Å². The number of aliphatic hydroxyl groups is 1. The number of hydrogen-bond donors (Lipinski definition) is 1. The first-order valence-corrected chi connectivity index (χ1v) is 6.06. The number of aliphatic hydroxyl groups excluding tert-OH is 1. The number of morpholine rings is 1. The van der Waals surface area contributed by atoms with Gasteiger partial charge in [0.25, 0.3) is 0 Å². The van der Waals surface area contributed by atoms with Crippen LogP contribution in [0, 0.1) is 0 Å². The topological polar surface area (TPSA) is 84.8 Å². The molecule has 0 bridgehead atoms. The SMILES string of the molecule is COC(=O)c1nccc(N2CC(CO)OCC2C)n1. The highest BCUT2D eigenvalue weighted by atomic mass is 16.5. The number of hydrogen-bond acceptors (Lipinski definition) is 7. The molecule has 19 heavy (non-hydrogen) atoms. The smallest absolute Gasteiger partial charge is 0.376 e. The van der Waals surface area contributed by atoms with Crippen molar-refractivity contribution < 1.29 is 19.4 Å². The zero-order chi connectivity index (χ0) is 13.8.